The quantitative estimate of drug-likeness (QED) is 0.815. The summed E-state index contributed by atoms with van der Waals surface area (Å²) in [5, 5.41) is 2.85. The van der Waals surface area contributed by atoms with Crippen LogP contribution in [-0.4, -0.2) is 25.7 Å². The van der Waals surface area contributed by atoms with Gasteiger partial charge in [0.1, 0.15) is 11.5 Å². The largest absolute Gasteiger partial charge is 0.494 e. The number of amides is 1. The average Bonchev–Trinajstić information content (AvgIpc) is 2.55. The van der Waals surface area contributed by atoms with Crippen LogP contribution in [-0.2, 0) is 11.2 Å². The van der Waals surface area contributed by atoms with Gasteiger partial charge in [0.05, 0.1) is 6.61 Å². The Kier molecular flexibility index (Phi) is 6.30. The average molecular weight is 299 g/mol. The number of nitrogens with one attached hydrogen (secondary N) is 1. The van der Waals surface area contributed by atoms with Crippen LogP contribution in [0.3, 0.4) is 0 Å². The van der Waals surface area contributed by atoms with Gasteiger partial charge in [-0.2, -0.15) is 0 Å². The van der Waals surface area contributed by atoms with Crippen LogP contribution >= 0.6 is 0 Å². The predicted molar refractivity (Wildman–Crippen MR) is 86.3 cm³/mol. The van der Waals surface area contributed by atoms with E-state index < -0.39 is 0 Å². The molecule has 0 saturated heterocycles. The van der Waals surface area contributed by atoms with Gasteiger partial charge in [-0.05, 0) is 31.0 Å². The molecule has 0 radical (unpaired) electrons. The van der Waals surface area contributed by atoms with E-state index in [-0.39, 0.29) is 12.5 Å². The molecule has 0 bridgehead atoms. The SMILES string of the molecule is CCOc1cccc(OCC(=O)NCCc2ccccc2)c1. The molecule has 0 spiro atoms. The number of hydrogen-bond donors (Lipinski definition) is 1. The lowest BCUT2D eigenvalue weighted by Gasteiger charge is -2.09. The summed E-state index contributed by atoms with van der Waals surface area (Å²) in [6.07, 6.45) is 0.812. The minimum Gasteiger partial charge on any atom is -0.494 e. The third-order valence-electron chi connectivity index (χ3n) is 3.07. The molecule has 0 aliphatic carbocycles. The van der Waals surface area contributed by atoms with Crippen LogP contribution in [0.5, 0.6) is 11.5 Å². The number of carbonyl (C=O) groups excluding carboxylic acids is 1. The van der Waals surface area contributed by atoms with Crippen molar-refractivity contribution in [1.29, 1.82) is 0 Å². The van der Waals surface area contributed by atoms with Gasteiger partial charge in [0.15, 0.2) is 6.61 Å². The summed E-state index contributed by atoms with van der Waals surface area (Å²) >= 11 is 0. The van der Waals surface area contributed by atoms with E-state index >= 15 is 0 Å². The summed E-state index contributed by atoms with van der Waals surface area (Å²) in [4.78, 5) is 11.7. The number of hydrogen-bond acceptors (Lipinski definition) is 3. The maximum absolute atomic E-state index is 11.7. The molecule has 22 heavy (non-hydrogen) atoms. The molecule has 0 atom stereocenters. The van der Waals surface area contributed by atoms with Crippen LogP contribution in [0.1, 0.15) is 12.5 Å². The number of benzene rings is 2. The third kappa shape index (κ3) is 5.48. The van der Waals surface area contributed by atoms with Crippen molar-refractivity contribution in [3.63, 3.8) is 0 Å². The molecule has 0 unspecified atom stereocenters. The highest BCUT2D eigenvalue weighted by Crippen LogP contribution is 2.19. The van der Waals surface area contributed by atoms with Gasteiger partial charge >= 0.3 is 0 Å². The molecule has 4 heteroatoms. The molecule has 116 valence electrons. The van der Waals surface area contributed by atoms with E-state index in [1.165, 1.54) is 5.56 Å². The molecule has 2 aromatic rings. The number of rotatable bonds is 8. The standard InChI is InChI=1S/C18H21NO3/c1-2-21-16-9-6-10-17(13-16)22-14-18(20)19-12-11-15-7-4-3-5-8-15/h3-10,13H,2,11-12,14H2,1H3,(H,19,20). The zero-order valence-electron chi connectivity index (χ0n) is 12.7. The van der Waals surface area contributed by atoms with E-state index in [1.54, 1.807) is 12.1 Å². The van der Waals surface area contributed by atoms with Gasteiger partial charge in [-0.3, -0.25) is 4.79 Å². The van der Waals surface area contributed by atoms with Crippen molar-refractivity contribution in [2.75, 3.05) is 19.8 Å². The second-order valence-electron chi connectivity index (χ2n) is 4.78. The van der Waals surface area contributed by atoms with E-state index in [1.807, 2.05) is 49.4 Å². The highest BCUT2D eigenvalue weighted by atomic mass is 16.5. The van der Waals surface area contributed by atoms with Gasteiger partial charge < -0.3 is 14.8 Å². The van der Waals surface area contributed by atoms with E-state index in [2.05, 4.69) is 5.32 Å². The van der Waals surface area contributed by atoms with Crippen molar-refractivity contribution in [3.8, 4) is 11.5 Å². The topological polar surface area (TPSA) is 47.6 Å². The normalized spacial score (nSPS) is 10.0. The zero-order chi connectivity index (χ0) is 15.6. The highest BCUT2D eigenvalue weighted by Gasteiger charge is 2.03. The Bertz CT molecular complexity index is 584. The highest BCUT2D eigenvalue weighted by molar-refractivity contribution is 5.77. The minimum absolute atomic E-state index is 0.00433. The van der Waals surface area contributed by atoms with Crippen molar-refractivity contribution in [3.05, 3.63) is 60.2 Å². The monoisotopic (exact) mass is 299 g/mol. The molecule has 1 amide bonds. The molecule has 0 aromatic heterocycles. The molecular formula is C18H21NO3. The first kappa shape index (κ1) is 15.9. The summed E-state index contributed by atoms with van der Waals surface area (Å²) in [6.45, 7) is 3.13. The van der Waals surface area contributed by atoms with Gasteiger partial charge in [-0.25, -0.2) is 0 Å². The lowest BCUT2D eigenvalue weighted by atomic mass is 10.1. The molecular weight excluding hydrogens is 278 g/mol. The van der Waals surface area contributed by atoms with Crippen LogP contribution in [0.2, 0.25) is 0 Å². The second kappa shape index (κ2) is 8.72. The van der Waals surface area contributed by atoms with Gasteiger partial charge in [0.2, 0.25) is 0 Å². The van der Waals surface area contributed by atoms with Crippen molar-refractivity contribution in [2.45, 2.75) is 13.3 Å². The Morgan fingerprint density at radius 3 is 2.45 bits per heavy atom. The molecule has 0 aliphatic heterocycles. The predicted octanol–water partition coefficient (Wildman–Crippen LogP) is 2.82. The first-order chi connectivity index (χ1) is 10.8. The lowest BCUT2D eigenvalue weighted by Crippen LogP contribution is -2.30. The smallest absolute Gasteiger partial charge is 0.257 e. The van der Waals surface area contributed by atoms with E-state index in [0.29, 0.717) is 18.9 Å². The Labute approximate surface area is 131 Å². The Morgan fingerprint density at radius 2 is 1.73 bits per heavy atom. The summed E-state index contributed by atoms with van der Waals surface area (Å²) < 4.78 is 10.9. The van der Waals surface area contributed by atoms with Gasteiger partial charge in [0.25, 0.3) is 5.91 Å². The first-order valence-corrected chi connectivity index (χ1v) is 7.44. The fraction of sp³-hybridized carbons (Fsp3) is 0.278. The van der Waals surface area contributed by atoms with Crippen LogP contribution < -0.4 is 14.8 Å². The van der Waals surface area contributed by atoms with Crippen molar-refractivity contribution >= 4 is 5.91 Å². The summed E-state index contributed by atoms with van der Waals surface area (Å²) in [7, 11) is 0. The zero-order valence-corrected chi connectivity index (χ0v) is 12.7. The lowest BCUT2D eigenvalue weighted by molar-refractivity contribution is -0.123. The van der Waals surface area contributed by atoms with Gasteiger partial charge in [-0.15, -0.1) is 0 Å². The fourth-order valence-electron chi connectivity index (χ4n) is 2.01. The molecule has 2 aromatic carbocycles. The van der Waals surface area contributed by atoms with E-state index in [9.17, 15) is 4.79 Å². The van der Waals surface area contributed by atoms with Crippen LogP contribution in [0.4, 0.5) is 0 Å². The second-order valence-corrected chi connectivity index (χ2v) is 4.78. The van der Waals surface area contributed by atoms with Crippen molar-refractivity contribution < 1.29 is 14.3 Å². The number of carbonyl (C=O) groups is 1. The fourth-order valence-corrected chi connectivity index (χ4v) is 2.01. The first-order valence-electron chi connectivity index (χ1n) is 7.44. The minimum atomic E-state index is -0.127. The Balaban J connectivity index is 1.70. The Morgan fingerprint density at radius 1 is 1.00 bits per heavy atom. The van der Waals surface area contributed by atoms with Crippen LogP contribution in [0, 0.1) is 0 Å². The molecule has 0 aliphatic rings. The summed E-state index contributed by atoms with van der Waals surface area (Å²) in [5.41, 5.74) is 1.20. The van der Waals surface area contributed by atoms with Crippen molar-refractivity contribution in [2.24, 2.45) is 0 Å². The number of ether oxygens (including phenoxy) is 2. The summed E-state index contributed by atoms with van der Waals surface area (Å²) in [5.74, 6) is 1.24. The maximum Gasteiger partial charge on any atom is 0.257 e. The van der Waals surface area contributed by atoms with Crippen LogP contribution in [0.15, 0.2) is 54.6 Å². The molecule has 1 N–H and O–H groups in total. The molecule has 2 rings (SSSR count). The maximum atomic E-state index is 11.7. The summed E-state index contributed by atoms with van der Waals surface area (Å²) in [6, 6.07) is 17.3. The van der Waals surface area contributed by atoms with Gasteiger partial charge in [0, 0.05) is 12.6 Å². The van der Waals surface area contributed by atoms with Crippen LogP contribution in [0.25, 0.3) is 0 Å². The van der Waals surface area contributed by atoms with E-state index in [4.69, 9.17) is 9.47 Å². The van der Waals surface area contributed by atoms with Gasteiger partial charge in [-0.1, -0.05) is 36.4 Å². The third-order valence-corrected chi connectivity index (χ3v) is 3.07. The van der Waals surface area contributed by atoms with E-state index in [0.717, 1.165) is 12.2 Å². The molecule has 0 heterocycles. The van der Waals surface area contributed by atoms with Crippen molar-refractivity contribution in [1.82, 2.24) is 5.32 Å². The Hall–Kier alpha value is -2.49. The molecule has 0 fully saturated rings. The molecule has 0 saturated carbocycles. The molecule has 4 nitrogen and oxygen atoms in total.